The maximum Gasteiger partial charge on any atom is 0.261 e. The first-order valence-corrected chi connectivity index (χ1v) is 11.7. The lowest BCUT2D eigenvalue weighted by molar-refractivity contribution is 0.102. The molecule has 2 N–H and O–H groups in total. The van der Waals surface area contributed by atoms with E-state index in [0.717, 1.165) is 5.56 Å². The molecule has 0 spiro atoms. The van der Waals surface area contributed by atoms with E-state index in [1.54, 1.807) is 48.5 Å². The summed E-state index contributed by atoms with van der Waals surface area (Å²) in [4.78, 5) is 12.8. The number of sulfonamides is 1. The second-order valence-electron chi connectivity index (χ2n) is 6.37. The minimum atomic E-state index is -3.76. The summed E-state index contributed by atoms with van der Waals surface area (Å²) in [6.45, 7) is 0. The molecule has 10 heteroatoms. The van der Waals surface area contributed by atoms with E-state index in [1.807, 2.05) is 12.1 Å². The van der Waals surface area contributed by atoms with Gasteiger partial charge in [-0.05, 0) is 42.5 Å². The second kappa shape index (κ2) is 8.84. The highest BCUT2D eigenvalue weighted by atomic mass is 35.5. The van der Waals surface area contributed by atoms with Gasteiger partial charge in [-0.3, -0.25) is 14.8 Å². The summed E-state index contributed by atoms with van der Waals surface area (Å²) in [6.07, 6.45) is 0. The van der Waals surface area contributed by atoms with Crippen molar-refractivity contribution in [2.45, 2.75) is 4.90 Å². The van der Waals surface area contributed by atoms with Gasteiger partial charge in [-0.25, -0.2) is 8.42 Å². The zero-order valence-corrected chi connectivity index (χ0v) is 18.2. The fraction of sp³-hybridized carbons (Fsp3) is 0. The van der Waals surface area contributed by atoms with Gasteiger partial charge in [0.05, 0.1) is 4.90 Å². The fourth-order valence-electron chi connectivity index (χ4n) is 2.69. The summed E-state index contributed by atoms with van der Waals surface area (Å²) in [5.41, 5.74) is 1.38. The third-order valence-corrected chi connectivity index (χ3v) is 6.70. The highest BCUT2D eigenvalue weighted by Crippen LogP contribution is 2.27. The average molecular weight is 471 g/mol. The van der Waals surface area contributed by atoms with E-state index in [4.69, 9.17) is 11.6 Å². The molecule has 0 radical (unpaired) electrons. The summed E-state index contributed by atoms with van der Waals surface area (Å²) < 4.78 is 27.5. The standard InChI is InChI=1S/C21H15ClN4O3S2/c22-16-11-9-14(10-12-16)20-24-25-21(30-20)23-19(27)15-5-4-6-17(13-15)26-31(28,29)18-7-2-1-3-8-18/h1-13,26H,(H,23,25,27). The minimum absolute atomic E-state index is 0.133. The molecule has 0 fully saturated rings. The van der Waals surface area contributed by atoms with Crippen LogP contribution >= 0.6 is 22.9 Å². The van der Waals surface area contributed by atoms with Crippen molar-refractivity contribution < 1.29 is 13.2 Å². The molecule has 1 amide bonds. The van der Waals surface area contributed by atoms with Gasteiger partial charge in [0, 0.05) is 21.8 Å². The third-order valence-electron chi connectivity index (χ3n) is 4.17. The topological polar surface area (TPSA) is 101 Å². The molecule has 0 bridgehead atoms. The first-order chi connectivity index (χ1) is 14.9. The molecule has 156 valence electrons. The number of hydrogen-bond acceptors (Lipinski definition) is 6. The van der Waals surface area contributed by atoms with Gasteiger partial charge >= 0.3 is 0 Å². The molecule has 1 aromatic heterocycles. The lowest BCUT2D eigenvalue weighted by Crippen LogP contribution is -2.15. The van der Waals surface area contributed by atoms with Crippen LogP contribution in [0.2, 0.25) is 5.02 Å². The lowest BCUT2D eigenvalue weighted by atomic mass is 10.2. The van der Waals surface area contributed by atoms with Crippen LogP contribution in [0.25, 0.3) is 10.6 Å². The number of carbonyl (C=O) groups excluding carboxylic acids is 1. The van der Waals surface area contributed by atoms with Crippen molar-refractivity contribution in [3.05, 3.63) is 89.4 Å². The number of aromatic nitrogens is 2. The number of anilines is 2. The number of hydrogen-bond donors (Lipinski definition) is 2. The molecular formula is C21H15ClN4O3S2. The number of nitrogens with zero attached hydrogens (tertiary/aromatic N) is 2. The molecule has 0 unspecified atom stereocenters. The quantitative estimate of drug-likeness (QED) is 0.417. The number of halogens is 1. The van der Waals surface area contributed by atoms with Gasteiger partial charge in [-0.15, -0.1) is 10.2 Å². The molecule has 0 aliphatic rings. The highest BCUT2D eigenvalue weighted by molar-refractivity contribution is 7.92. The van der Waals surface area contributed by atoms with Gasteiger partial charge < -0.3 is 0 Å². The molecule has 0 atom stereocenters. The summed E-state index contributed by atoms with van der Waals surface area (Å²) in [5, 5.41) is 12.3. The van der Waals surface area contributed by atoms with Crippen molar-refractivity contribution in [2.24, 2.45) is 0 Å². The highest BCUT2D eigenvalue weighted by Gasteiger charge is 2.16. The Balaban J connectivity index is 1.48. The third kappa shape index (κ3) is 5.08. The van der Waals surface area contributed by atoms with E-state index in [-0.39, 0.29) is 16.1 Å². The van der Waals surface area contributed by atoms with Gasteiger partial charge in [-0.1, -0.05) is 59.3 Å². The van der Waals surface area contributed by atoms with Crippen molar-refractivity contribution in [2.75, 3.05) is 10.0 Å². The largest absolute Gasteiger partial charge is 0.296 e. The van der Waals surface area contributed by atoms with Gasteiger partial charge in [0.15, 0.2) is 0 Å². The second-order valence-corrected chi connectivity index (χ2v) is 9.47. The van der Waals surface area contributed by atoms with Gasteiger partial charge in [0.25, 0.3) is 15.9 Å². The fourth-order valence-corrected chi connectivity index (χ4v) is 4.63. The maximum atomic E-state index is 12.6. The molecule has 3 aromatic carbocycles. The van der Waals surface area contributed by atoms with Crippen LogP contribution in [0, 0.1) is 0 Å². The number of nitrogens with one attached hydrogen (secondary N) is 2. The van der Waals surface area contributed by atoms with E-state index in [2.05, 4.69) is 20.2 Å². The molecule has 0 saturated heterocycles. The molecule has 7 nitrogen and oxygen atoms in total. The first kappa shape index (κ1) is 21.0. The van der Waals surface area contributed by atoms with E-state index in [1.165, 1.54) is 29.5 Å². The van der Waals surface area contributed by atoms with Crippen molar-refractivity contribution in [3.63, 3.8) is 0 Å². The maximum absolute atomic E-state index is 12.6. The van der Waals surface area contributed by atoms with E-state index < -0.39 is 15.9 Å². The van der Waals surface area contributed by atoms with Crippen LogP contribution in [0.3, 0.4) is 0 Å². The molecule has 31 heavy (non-hydrogen) atoms. The zero-order valence-electron chi connectivity index (χ0n) is 15.8. The zero-order chi connectivity index (χ0) is 21.8. The van der Waals surface area contributed by atoms with Crippen LogP contribution in [0.15, 0.2) is 83.8 Å². The first-order valence-electron chi connectivity index (χ1n) is 8.99. The number of rotatable bonds is 6. The van der Waals surface area contributed by atoms with E-state index in [9.17, 15) is 13.2 Å². The van der Waals surface area contributed by atoms with Crippen molar-refractivity contribution in [1.82, 2.24) is 10.2 Å². The van der Waals surface area contributed by atoms with Crippen LogP contribution in [0.5, 0.6) is 0 Å². The Labute approximate surface area is 187 Å². The predicted octanol–water partition coefficient (Wildman–Crippen LogP) is 4.91. The smallest absolute Gasteiger partial charge is 0.261 e. The van der Waals surface area contributed by atoms with Crippen LogP contribution < -0.4 is 10.0 Å². The van der Waals surface area contributed by atoms with Crippen LogP contribution in [-0.2, 0) is 10.0 Å². The van der Waals surface area contributed by atoms with Gasteiger partial charge in [0.1, 0.15) is 5.01 Å². The lowest BCUT2D eigenvalue weighted by Gasteiger charge is -2.09. The van der Waals surface area contributed by atoms with E-state index >= 15 is 0 Å². The molecule has 4 rings (SSSR count). The van der Waals surface area contributed by atoms with Gasteiger partial charge in [-0.2, -0.15) is 0 Å². The normalized spacial score (nSPS) is 11.1. The summed E-state index contributed by atoms with van der Waals surface area (Å²) in [5.74, 6) is -0.431. The van der Waals surface area contributed by atoms with Crippen molar-refractivity contribution in [1.29, 1.82) is 0 Å². The Hall–Kier alpha value is -3.27. The average Bonchev–Trinajstić information content (AvgIpc) is 3.23. The number of benzene rings is 3. The summed E-state index contributed by atoms with van der Waals surface area (Å²) >= 11 is 7.11. The Morgan fingerprint density at radius 1 is 0.903 bits per heavy atom. The Morgan fingerprint density at radius 3 is 2.39 bits per heavy atom. The van der Waals surface area contributed by atoms with Crippen LogP contribution in [0.4, 0.5) is 10.8 Å². The molecule has 0 aliphatic carbocycles. The molecule has 4 aromatic rings. The SMILES string of the molecule is O=C(Nc1nnc(-c2ccc(Cl)cc2)s1)c1cccc(NS(=O)(=O)c2ccccc2)c1. The molecule has 0 aliphatic heterocycles. The Morgan fingerprint density at radius 2 is 1.65 bits per heavy atom. The van der Waals surface area contributed by atoms with Crippen LogP contribution in [-0.4, -0.2) is 24.5 Å². The monoisotopic (exact) mass is 470 g/mol. The van der Waals surface area contributed by atoms with Crippen molar-refractivity contribution >= 4 is 49.7 Å². The predicted molar refractivity (Wildman–Crippen MR) is 122 cm³/mol. The molecule has 1 heterocycles. The van der Waals surface area contributed by atoms with Gasteiger partial charge in [0.2, 0.25) is 5.13 Å². The Kier molecular flexibility index (Phi) is 5.99. The minimum Gasteiger partial charge on any atom is -0.296 e. The van der Waals surface area contributed by atoms with Crippen molar-refractivity contribution in [3.8, 4) is 10.6 Å². The summed E-state index contributed by atoms with van der Waals surface area (Å²) in [6, 6.07) is 21.3. The number of amides is 1. The number of carbonyl (C=O) groups is 1. The Bertz CT molecular complexity index is 1320. The van der Waals surface area contributed by atoms with Crippen LogP contribution in [0.1, 0.15) is 10.4 Å². The molecular weight excluding hydrogens is 456 g/mol. The molecule has 0 saturated carbocycles. The van der Waals surface area contributed by atoms with E-state index in [0.29, 0.717) is 15.2 Å². The summed E-state index contributed by atoms with van der Waals surface area (Å²) in [7, 11) is -3.76.